The molecule has 1 aromatic heterocycles. The number of halogens is 1. The van der Waals surface area contributed by atoms with Crippen molar-refractivity contribution in [3.05, 3.63) is 72.7 Å². The molecule has 0 bridgehead atoms. The highest BCUT2D eigenvalue weighted by atomic mass is 19.1. The van der Waals surface area contributed by atoms with Crippen LogP contribution < -0.4 is 15.4 Å². The van der Waals surface area contributed by atoms with Crippen LogP contribution in [0.5, 0.6) is 11.6 Å². The minimum Gasteiger partial charge on any atom is -0.439 e. The van der Waals surface area contributed by atoms with Crippen LogP contribution in [0, 0.1) is 5.82 Å². The van der Waals surface area contributed by atoms with E-state index in [4.69, 9.17) is 4.74 Å². The molecule has 0 spiro atoms. The van der Waals surface area contributed by atoms with Gasteiger partial charge in [0.2, 0.25) is 11.8 Å². The Morgan fingerprint density at radius 3 is 2.44 bits per heavy atom. The van der Waals surface area contributed by atoms with Crippen LogP contribution in [0.25, 0.3) is 0 Å². The number of ether oxygens (including phenoxy) is 1. The molecule has 0 aliphatic carbocycles. The van der Waals surface area contributed by atoms with Crippen LogP contribution in [0.3, 0.4) is 0 Å². The van der Waals surface area contributed by atoms with Gasteiger partial charge >= 0.3 is 0 Å². The number of rotatable bonds is 8. The fourth-order valence-electron chi connectivity index (χ4n) is 2.18. The number of aromatic nitrogens is 2. The predicted molar refractivity (Wildman–Crippen MR) is 96.5 cm³/mol. The normalized spacial score (nSPS) is 10.3. The van der Waals surface area contributed by atoms with Gasteiger partial charge in [-0.25, -0.2) is 9.37 Å². The first-order valence-corrected chi connectivity index (χ1v) is 8.09. The van der Waals surface area contributed by atoms with E-state index in [0.717, 1.165) is 25.2 Å². The molecule has 5 nitrogen and oxygen atoms in total. The second-order valence-electron chi connectivity index (χ2n) is 5.35. The topological polar surface area (TPSA) is 59.1 Å². The summed E-state index contributed by atoms with van der Waals surface area (Å²) in [4.78, 5) is 8.46. The molecule has 0 saturated heterocycles. The first kappa shape index (κ1) is 16.7. The molecule has 2 aromatic carbocycles. The molecule has 128 valence electrons. The van der Waals surface area contributed by atoms with E-state index in [1.807, 2.05) is 30.3 Å². The molecule has 25 heavy (non-hydrogen) atoms. The number of benzene rings is 2. The minimum atomic E-state index is -0.304. The van der Waals surface area contributed by atoms with E-state index in [9.17, 15) is 4.39 Å². The van der Waals surface area contributed by atoms with Gasteiger partial charge in [0.25, 0.3) is 0 Å². The van der Waals surface area contributed by atoms with Crippen molar-refractivity contribution in [2.75, 3.05) is 23.7 Å². The average molecular weight is 338 g/mol. The Morgan fingerprint density at radius 2 is 1.64 bits per heavy atom. The molecule has 0 aliphatic rings. The highest BCUT2D eigenvalue weighted by Crippen LogP contribution is 2.19. The van der Waals surface area contributed by atoms with Crippen molar-refractivity contribution >= 4 is 11.6 Å². The van der Waals surface area contributed by atoms with Crippen molar-refractivity contribution in [1.82, 2.24) is 9.97 Å². The van der Waals surface area contributed by atoms with Crippen LogP contribution in [-0.4, -0.2) is 23.1 Å². The van der Waals surface area contributed by atoms with Gasteiger partial charge in [0.15, 0.2) is 0 Å². The summed E-state index contributed by atoms with van der Waals surface area (Å²) in [5.74, 6) is 1.13. The maximum atomic E-state index is 12.9. The fraction of sp³-hybridized carbons (Fsp3) is 0.158. The van der Waals surface area contributed by atoms with Gasteiger partial charge in [-0.15, -0.1) is 0 Å². The lowest BCUT2D eigenvalue weighted by atomic mass is 10.3. The lowest BCUT2D eigenvalue weighted by molar-refractivity contribution is 0.460. The molecule has 2 N–H and O–H groups in total. The number of hydrogen-bond donors (Lipinski definition) is 2. The van der Waals surface area contributed by atoms with Gasteiger partial charge in [0.1, 0.15) is 11.6 Å². The van der Waals surface area contributed by atoms with Gasteiger partial charge in [-0.2, -0.15) is 4.98 Å². The molecule has 1 heterocycles. The van der Waals surface area contributed by atoms with E-state index in [0.29, 0.717) is 17.6 Å². The van der Waals surface area contributed by atoms with Gasteiger partial charge in [-0.05, 0) is 42.8 Å². The van der Waals surface area contributed by atoms with Crippen LogP contribution in [0.15, 0.2) is 66.9 Å². The second-order valence-corrected chi connectivity index (χ2v) is 5.35. The summed E-state index contributed by atoms with van der Waals surface area (Å²) in [6.45, 7) is 1.59. The highest BCUT2D eigenvalue weighted by molar-refractivity contribution is 5.42. The molecule has 0 saturated carbocycles. The van der Waals surface area contributed by atoms with Crippen molar-refractivity contribution in [3.8, 4) is 11.6 Å². The average Bonchev–Trinajstić information content (AvgIpc) is 2.65. The summed E-state index contributed by atoms with van der Waals surface area (Å²) in [7, 11) is 0. The van der Waals surface area contributed by atoms with E-state index < -0.39 is 0 Å². The number of nitrogens with one attached hydrogen (secondary N) is 2. The molecule has 0 unspecified atom stereocenters. The van der Waals surface area contributed by atoms with E-state index >= 15 is 0 Å². The van der Waals surface area contributed by atoms with Crippen LogP contribution in [0.2, 0.25) is 0 Å². The molecule has 6 heteroatoms. The summed E-state index contributed by atoms with van der Waals surface area (Å²) in [5.41, 5.74) is 1.11. The Kier molecular flexibility index (Phi) is 5.77. The lowest BCUT2D eigenvalue weighted by Gasteiger charge is -2.09. The largest absolute Gasteiger partial charge is 0.439 e. The van der Waals surface area contributed by atoms with Gasteiger partial charge in [-0.3, -0.25) is 0 Å². The molecule has 0 amide bonds. The van der Waals surface area contributed by atoms with Crippen molar-refractivity contribution in [1.29, 1.82) is 0 Å². The Balaban J connectivity index is 1.44. The maximum absolute atomic E-state index is 12.9. The van der Waals surface area contributed by atoms with Crippen molar-refractivity contribution in [3.63, 3.8) is 0 Å². The van der Waals surface area contributed by atoms with E-state index in [-0.39, 0.29) is 5.82 Å². The molecule has 0 atom stereocenters. The van der Waals surface area contributed by atoms with E-state index in [1.165, 1.54) is 12.1 Å². The van der Waals surface area contributed by atoms with Crippen molar-refractivity contribution < 1.29 is 9.13 Å². The molecular weight excluding hydrogens is 319 g/mol. The molecule has 3 aromatic rings. The van der Waals surface area contributed by atoms with Crippen molar-refractivity contribution in [2.24, 2.45) is 0 Å². The SMILES string of the molecule is Fc1ccc(Oc2ccnc(NCCCNc3ccccc3)n2)cc1. The predicted octanol–water partition coefficient (Wildman–Crippen LogP) is 4.32. The third-order valence-electron chi connectivity index (χ3n) is 3.41. The lowest BCUT2D eigenvalue weighted by Crippen LogP contribution is -2.10. The fourth-order valence-corrected chi connectivity index (χ4v) is 2.18. The van der Waals surface area contributed by atoms with Gasteiger partial charge in [0.05, 0.1) is 0 Å². The second kappa shape index (κ2) is 8.63. The van der Waals surface area contributed by atoms with Crippen molar-refractivity contribution in [2.45, 2.75) is 6.42 Å². The zero-order chi connectivity index (χ0) is 17.3. The Hall–Kier alpha value is -3.15. The molecule has 0 radical (unpaired) electrons. The van der Waals surface area contributed by atoms with Gasteiger partial charge in [-0.1, -0.05) is 18.2 Å². The Labute approximate surface area is 145 Å². The summed E-state index contributed by atoms with van der Waals surface area (Å²) in [6, 6.07) is 17.5. The maximum Gasteiger partial charge on any atom is 0.225 e. The van der Waals surface area contributed by atoms with Crippen LogP contribution in [0.4, 0.5) is 16.0 Å². The molecule has 0 aliphatic heterocycles. The molecule has 3 rings (SSSR count). The molecular formula is C19H19FN4O. The third-order valence-corrected chi connectivity index (χ3v) is 3.41. The van der Waals surface area contributed by atoms with Crippen LogP contribution in [-0.2, 0) is 0 Å². The first-order chi connectivity index (χ1) is 12.3. The Morgan fingerprint density at radius 1 is 0.880 bits per heavy atom. The summed E-state index contributed by atoms with van der Waals surface area (Å²) < 4.78 is 18.5. The highest BCUT2D eigenvalue weighted by Gasteiger charge is 2.02. The summed E-state index contributed by atoms with van der Waals surface area (Å²) in [5, 5.41) is 6.51. The van der Waals surface area contributed by atoms with Gasteiger partial charge in [0, 0.05) is 31.0 Å². The number of nitrogens with zero attached hydrogens (tertiary/aromatic N) is 2. The van der Waals surface area contributed by atoms with Crippen LogP contribution in [0.1, 0.15) is 6.42 Å². The third kappa shape index (κ3) is 5.46. The summed E-state index contributed by atoms with van der Waals surface area (Å²) >= 11 is 0. The minimum absolute atomic E-state index is 0.304. The standard InChI is InChI=1S/C19H19FN4O/c20-15-7-9-17(10-8-15)25-18-11-14-23-19(24-18)22-13-4-12-21-16-5-2-1-3-6-16/h1-3,5-11,14,21H,4,12-13H2,(H,22,23,24). The zero-order valence-electron chi connectivity index (χ0n) is 13.7. The van der Waals surface area contributed by atoms with Crippen LogP contribution >= 0.6 is 0 Å². The zero-order valence-corrected chi connectivity index (χ0v) is 13.7. The molecule has 0 fully saturated rings. The Bertz CT molecular complexity index is 781. The monoisotopic (exact) mass is 338 g/mol. The number of anilines is 2. The van der Waals surface area contributed by atoms with E-state index in [2.05, 4.69) is 20.6 Å². The smallest absolute Gasteiger partial charge is 0.225 e. The number of hydrogen-bond acceptors (Lipinski definition) is 5. The number of para-hydroxylation sites is 1. The summed E-state index contributed by atoms with van der Waals surface area (Å²) in [6.07, 6.45) is 2.54. The first-order valence-electron chi connectivity index (χ1n) is 8.09. The quantitative estimate of drug-likeness (QED) is 0.599. The van der Waals surface area contributed by atoms with Gasteiger partial charge < -0.3 is 15.4 Å². The van der Waals surface area contributed by atoms with E-state index in [1.54, 1.807) is 24.4 Å².